The minimum atomic E-state index is -0.285. The molecule has 30 heavy (non-hydrogen) atoms. The van der Waals surface area contributed by atoms with Gasteiger partial charge in [0, 0.05) is 5.41 Å². The molecule has 2 heteroatoms. The Kier molecular flexibility index (Phi) is 5.29. The number of hydrogen-bond donors (Lipinski definition) is 1. The first kappa shape index (κ1) is 20.6. The summed E-state index contributed by atoms with van der Waals surface area (Å²) in [6.07, 6.45) is 14.2. The van der Waals surface area contributed by atoms with Crippen LogP contribution in [0.3, 0.4) is 0 Å². The summed E-state index contributed by atoms with van der Waals surface area (Å²) in [7, 11) is 0. The van der Waals surface area contributed by atoms with Crippen molar-refractivity contribution >= 4 is 6.08 Å². The molecule has 1 N–H and O–H groups in total. The normalized spacial score (nSPS) is 44.3. The van der Waals surface area contributed by atoms with Gasteiger partial charge in [0.05, 0.1) is 12.7 Å². The molecule has 0 aliphatic heterocycles. The van der Waals surface area contributed by atoms with E-state index in [1.807, 2.05) is 19.1 Å². The molecule has 4 fully saturated rings. The summed E-state index contributed by atoms with van der Waals surface area (Å²) in [6.45, 7) is 7.74. The molecule has 4 aliphatic carbocycles. The van der Waals surface area contributed by atoms with E-state index in [0.29, 0.717) is 17.9 Å². The van der Waals surface area contributed by atoms with Crippen LogP contribution in [-0.2, 0) is 0 Å². The molecule has 0 bridgehead atoms. The molecule has 2 nitrogen and oxygen atoms in total. The third-order valence-electron chi connectivity index (χ3n) is 10.00. The fraction of sp³-hybridized carbons (Fsp3) is 0.714. The quantitative estimate of drug-likeness (QED) is 0.591. The molecule has 0 radical (unpaired) electrons. The zero-order valence-electron chi connectivity index (χ0n) is 19.2. The van der Waals surface area contributed by atoms with Gasteiger partial charge in [0.15, 0.2) is 0 Å². The highest BCUT2D eigenvalue weighted by molar-refractivity contribution is 5.56. The van der Waals surface area contributed by atoms with Crippen molar-refractivity contribution in [1.82, 2.24) is 0 Å². The van der Waals surface area contributed by atoms with E-state index in [1.165, 1.54) is 62.5 Å². The molecule has 0 heterocycles. The summed E-state index contributed by atoms with van der Waals surface area (Å²) < 4.78 is 5.59. The van der Waals surface area contributed by atoms with Crippen LogP contribution in [0.5, 0.6) is 5.75 Å². The Hall–Kier alpha value is -1.28. The van der Waals surface area contributed by atoms with Gasteiger partial charge in [0.2, 0.25) is 0 Å². The fourth-order valence-corrected chi connectivity index (χ4v) is 8.33. The van der Waals surface area contributed by atoms with Crippen molar-refractivity contribution in [2.45, 2.75) is 84.7 Å². The number of rotatable bonds is 3. The molecule has 0 amide bonds. The minimum Gasteiger partial charge on any atom is -0.494 e. The SMILES string of the molecule is CCOc1ccc(/C=C2\CC3C4CCC5CCCCC5(C)C4CCC3(C)C2O)cc1. The van der Waals surface area contributed by atoms with Gasteiger partial charge in [-0.1, -0.05) is 44.9 Å². The molecule has 4 saturated carbocycles. The van der Waals surface area contributed by atoms with Gasteiger partial charge in [-0.3, -0.25) is 0 Å². The molecule has 7 atom stereocenters. The largest absolute Gasteiger partial charge is 0.494 e. The predicted molar refractivity (Wildman–Crippen MR) is 123 cm³/mol. The maximum absolute atomic E-state index is 11.4. The van der Waals surface area contributed by atoms with Gasteiger partial charge >= 0.3 is 0 Å². The van der Waals surface area contributed by atoms with Crippen LogP contribution in [0.15, 0.2) is 29.8 Å². The van der Waals surface area contributed by atoms with Crippen molar-refractivity contribution in [3.05, 3.63) is 35.4 Å². The third-order valence-corrected chi connectivity index (χ3v) is 10.00. The molecule has 1 aromatic rings. The third kappa shape index (κ3) is 3.17. The van der Waals surface area contributed by atoms with E-state index in [9.17, 15) is 5.11 Å². The molecule has 0 spiro atoms. The van der Waals surface area contributed by atoms with Crippen LogP contribution in [-0.4, -0.2) is 17.8 Å². The summed E-state index contributed by atoms with van der Waals surface area (Å²) >= 11 is 0. The monoisotopic (exact) mass is 408 g/mol. The number of ether oxygens (including phenoxy) is 1. The van der Waals surface area contributed by atoms with Crippen molar-refractivity contribution in [3.8, 4) is 5.75 Å². The Labute approximate surface area is 183 Å². The molecule has 4 aliphatic rings. The van der Waals surface area contributed by atoms with Gasteiger partial charge < -0.3 is 9.84 Å². The lowest BCUT2D eigenvalue weighted by molar-refractivity contribution is -0.119. The highest BCUT2D eigenvalue weighted by Crippen LogP contribution is 2.67. The summed E-state index contributed by atoms with van der Waals surface area (Å²) in [6, 6.07) is 8.36. The first-order valence-electron chi connectivity index (χ1n) is 12.6. The van der Waals surface area contributed by atoms with Crippen LogP contribution >= 0.6 is 0 Å². The second kappa shape index (κ2) is 7.69. The summed E-state index contributed by atoms with van der Waals surface area (Å²) in [5, 5.41) is 11.4. The number of hydrogen-bond acceptors (Lipinski definition) is 2. The van der Waals surface area contributed by atoms with Crippen molar-refractivity contribution < 1.29 is 9.84 Å². The molecule has 1 aromatic carbocycles. The molecule has 5 rings (SSSR count). The fourth-order valence-electron chi connectivity index (χ4n) is 8.33. The van der Waals surface area contributed by atoms with Crippen LogP contribution in [0.4, 0.5) is 0 Å². The summed E-state index contributed by atoms with van der Waals surface area (Å²) in [4.78, 5) is 0. The lowest BCUT2D eigenvalue weighted by Gasteiger charge is -2.60. The van der Waals surface area contributed by atoms with E-state index < -0.39 is 0 Å². The molecule has 0 aromatic heterocycles. The number of aliphatic hydroxyl groups is 1. The first-order chi connectivity index (χ1) is 14.5. The first-order valence-corrected chi connectivity index (χ1v) is 12.6. The Morgan fingerprint density at radius 2 is 1.77 bits per heavy atom. The smallest absolute Gasteiger partial charge is 0.119 e. The van der Waals surface area contributed by atoms with Crippen LogP contribution in [0, 0.1) is 34.5 Å². The second-order valence-corrected chi connectivity index (χ2v) is 11.3. The van der Waals surface area contributed by atoms with E-state index in [1.54, 1.807) is 0 Å². The zero-order chi connectivity index (χ0) is 20.9. The van der Waals surface area contributed by atoms with Gasteiger partial charge in [-0.2, -0.15) is 0 Å². The molecular formula is C28H40O2. The number of aliphatic hydroxyl groups excluding tert-OH is 1. The highest BCUT2D eigenvalue weighted by atomic mass is 16.5. The van der Waals surface area contributed by atoms with Gasteiger partial charge in [-0.05, 0) is 104 Å². The van der Waals surface area contributed by atoms with Gasteiger partial charge in [-0.15, -0.1) is 0 Å². The molecule has 0 saturated heterocycles. The Balaban J connectivity index is 1.40. The maximum Gasteiger partial charge on any atom is 0.119 e. The van der Waals surface area contributed by atoms with E-state index in [2.05, 4.69) is 32.1 Å². The lowest BCUT2D eigenvalue weighted by Crippen LogP contribution is -2.53. The average molecular weight is 409 g/mol. The Bertz CT molecular complexity index is 795. The highest BCUT2D eigenvalue weighted by Gasteiger charge is 2.60. The number of fused-ring (bicyclic) bond motifs is 5. The van der Waals surface area contributed by atoms with Gasteiger partial charge in [0.1, 0.15) is 5.75 Å². The predicted octanol–water partition coefficient (Wildman–Crippen LogP) is 6.87. The molecule has 164 valence electrons. The summed E-state index contributed by atoms with van der Waals surface area (Å²) in [5.41, 5.74) is 3.09. The van der Waals surface area contributed by atoms with Crippen LogP contribution < -0.4 is 4.74 Å². The van der Waals surface area contributed by atoms with Crippen molar-refractivity contribution in [2.24, 2.45) is 34.5 Å². The summed E-state index contributed by atoms with van der Waals surface area (Å²) in [5.74, 6) is 4.23. The zero-order valence-corrected chi connectivity index (χ0v) is 19.2. The van der Waals surface area contributed by atoms with Crippen LogP contribution in [0.25, 0.3) is 6.08 Å². The van der Waals surface area contributed by atoms with Crippen molar-refractivity contribution in [1.29, 1.82) is 0 Å². The standard InChI is InChI=1S/C28H40O2/c1-4-30-22-11-8-19(9-12-22)17-20-18-25-23-13-10-21-7-5-6-15-27(21,2)24(23)14-16-28(25,3)26(20)29/h8-9,11-12,17,21,23-26,29H,4-7,10,13-16,18H2,1-3H3/b20-17+. The van der Waals surface area contributed by atoms with E-state index in [4.69, 9.17) is 4.74 Å². The van der Waals surface area contributed by atoms with Gasteiger partial charge in [0.25, 0.3) is 0 Å². The molecule has 7 unspecified atom stereocenters. The van der Waals surface area contributed by atoms with E-state index in [-0.39, 0.29) is 11.5 Å². The van der Waals surface area contributed by atoms with Crippen LogP contribution in [0.2, 0.25) is 0 Å². The Morgan fingerprint density at radius 3 is 2.53 bits per heavy atom. The second-order valence-electron chi connectivity index (χ2n) is 11.3. The van der Waals surface area contributed by atoms with Gasteiger partial charge in [-0.25, -0.2) is 0 Å². The Morgan fingerprint density at radius 1 is 0.967 bits per heavy atom. The maximum atomic E-state index is 11.4. The van der Waals surface area contributed by atoms with Crippen molar-refractivity contribution in [3.63, 3.8) is 0 Å². The number of benzene rings is 1. The van der Waals surface area contributed by atoms with E-state index >= 15 is 0 Å². The lowest BCUT2D eigenvalue weighted by atomic mass is 9.45. The topological polar surface area (TPSA) is 29.5 Å². The average Bonchev–Trinajstić information content (AvgIpc) is 3.00. The van der Waals surface area contributed by atoms with Crippen molar-refractivity contribution in [2.75, 3.05) is 6.61 Å². The molecular weight excluding hydrogens is 368 g/mol. The minimum absolute atomic E-state index is 0.0656. The van der Waals surface area contributed by atoms with Crippen LogP contribution in [0.1, 0.15) is 84.1 Å². The van der Waals surface area contributed by atoms with E-state index in [0.717, 1.165) is 29.9 Å².